The Morgan fingerprint density at radius 2 is 1.90 bits per heavy atom. The van der Waals surface area contributed by atoms with Crippen LogP contribution in [-0.4, -0.2) is 31.5 Å². The summed E-state index contributed by atoms with van der Waals surface area (Å²) in [6.07, 6.45) is 1.47. The fraction of sp³-hybridized carbons (Fsp3) is 0.125. The minimum Gasteiger partial charge on any atom is -0.504 e. The second-order valence-electron chi connectivity index (χ2n) is 4.17. The van der Waals surface area contributed by atoms with Crippen LogP contribution in [0.25, 0.3) is 0 Å². The van der Waals surface area contributed by atoms with Gasteiger partial charge >= 0.3 is 5.97 Å². The number of nitrogens with zero attached hydrogens (tertiary/aromatic N) is 1. The van der Waals surface area contributed by atoms with Gasteiger partial charge in [0.25, 0.3) is 0 Å². The molecule has 5 heteroatoms. The van der Waals surface area contributed by atoms with Gasteiger partial charge in [0.05, 0.1) is 25.5 Å². The van der Waals surface area contributed by atoms with E-state index in [1.807, 2.05) is 0 Å². The molecule has 0 unspecified atom stereocenters. The first-order chi connectivity index (χ1) is 10.2. The van der Waals surface area contributed by atoms with Gasteiger partial charge in [-0.25, -0.2) is 4.79 Å². The zero-order chi connectivity index (χ0) is 15.2. The number of aromatic hydroxyl groups is 1. The van der Waals surface area contributed by atoms with Crippen molar-refractivity contribution >= 4 is 17.9 Å². The molecule has 21 heavy (non-hydrogen) atoms. The zero-order valence-corrected chi connectivity index (χ0v) is 11.7. The van der Waals surface area contributed by atoms with Crippen molar-refractivity contribution in [2.45, 2.75) is 0 Å². The van der Waals surface area contributed by atoms with Crippen molar-refractivity contribution in [3.05, 3.63) is 53.6 Å². The molecule has 2 aromatic carbocycles. The number of benzene rings is 2. The van der Waals surface area contributed by atoms with Gasteiger partial charge in [0.1, 0.15) is 0 Å². The second-order valence-corrected chi connectivity index (χ2v) is 4.17. The quantitative estimate of drug-likeness (QED) is 0.692. The van der Waals surface area contributed by atoms with E-state index in [9.17, 15) is 9.90 Å². The lowest BCUT2D eigenvalue weighted by atomic mass is 10.1. The summed E-state index contributed by atoms with van der Waals surface area (Å²) in [6, 6.07) is 11.9. The fourth-order valence-corrected chi connectivity index (χ4v) is 1.82. The first-order valence-corrected chi connectivity index (χ1v) is 6.24. The van der Waals surface area contributed by atoms with E-state index in [4.69, 9.17) is 9.47 Å². The van der Waals surface area contributed by atoms with Gasteiger partial charge in [-0.05, 0) is 24.3 Å². The number of para-hydroxylation sites is 2. The minimum absolute atomic E-state index is 0.000649. The van der Waals surface area contributed by atoms with Gasteiger partial charge in [-0.3, -0.25) is 4.99 Å². The summed E-state index contributed by atoms with van der Waals surface area (Å²) >= 11 is 0. The Balaban J connectivity index is 2.37. The van der Waals surface area contributed by atoms with E-state index in [1.165, 1.54) is 20.4 Å². The van der Waals surface area contributed by atoms with E-state index in [1.54, 1.807) is 42.5 Å². The van der Waals surface area contributed by atoms with Crippen LogP contribution in [0.15, 0.2) is 47.5 Å². The van der Waals surface area contributed by atoms with Crippen LogP contribution in [-0.2, 0) is 4.74 Å². The van der Waals surface area contributed by atoms with Gasteiger partial charge in [-0.2, -0.15) is 0 Å². The summed E-state index contributed by atoms with van der Waals surface area (Å²) in [5, 5.41) is 9.98. The summed E-state index contributed by atoms with van der Waals surface area (Å²) in [5.74, 6) is -0.0999. The molecule has 0 aliphatic rings. The standard InChI is InChI=1S/C16H15NO4/c1-20-14-9-5-6-11(15(14)18)10-17-13-8-4-3-7-12(13)16(19)21-2/h3-10,18H,1-2H3. The van der Waals surface area contributed by atoms with Gasteiger partial charge in [-0.15, -0.1) is 0 Å². The van der Waals surface area contributed by atoms with Crippen molar-refractivity contribution in [3.63, 3.8) is 0 Å². The van der Waals surface area contributed by atoms with Gasteiger partial charge in [0.15, 0.2) is 11.5 Å². The second kappa shape index (κ2) is 6.56. The number of hydrogen-bond acceptors (Lipinski definition) is 5. The molecule has 0 atom stereocenters. The molecule has 0 amide bonds. The van der Waals surface area contributed by atoms with Gasteiger partial charge in [0, 0.05) is 11.8 Å². The summed E-state index contributed by atoms with van der Waals surface area (Å²) < 4.78 is 9.74. The fourth-order valence-electron chi connectivity index (χ4n) is 1.82. The number of hydrogen-bond donors (Lipinski definition) is 1. The smallest absolute Gasteiger partial charge is 0.340 e. The normalized spacial score (nSPS) is 10.6. The molecule has 0 saturated heterocycles. The molecular weight excluding hydrogens is 270 g/mol. The Labute approximate surface area is 122 Å². The number of methoxy groups -OCH3 is 2. The molecule has 0 bridgehead atoms. The molecule has 2 aromatic rings. The van der Waals surface area contributed by atoms with Crippen molar-refractivity contribution in [2.24, 2.45) is 4.99 Å². The first kappa shape index (κ1) is 14.6. The number of ether oxygens (including phenoxy) is 2. The van der Waals surface area contributed by atoms with E-state index in [2.05, 4.69) is 4.99 Å². The summed E-state index contributed by atoms with van der Waals surface area (Å²) in [6.45, 7) is 0. The highest BCUT2D eigenvalue weighted by Crippen LogP contribution is 2.29. The molecule has 0 fully saturated rings. The van der Waals surface area contributed by atoms with Crippen LogP contribution in [0.4, 0.5) is 5.69 Å². The maximum Gasteiger partial charge on any atom is 0.340 e. The van der Waals surface area contributed by atoms with Crippen molar-refractivity contribution in [2.75, 3.05) is 14.2 Å². The largest absolute Gasteiger partial charge is 0.504 e. The Hall–Kier alpha value is -2.82. The van der Waals surface area contributed by atoms with Crippen LogP contribution < -0.4 is 4.74 Å². The SMILES string of the molecule is COC(=O)c1ccccc1N=Cc1cccc(OC)c1O. The molecule has 0 heterocycles. The Morgan fingerprint density at radius 3 is 2.62 bits per heavy atom. The van der Waals surface area contributed by atoms with E-state index in [-0.39, 0.29) is 5.75 Å². The number of phenols is 1. The lowest BCUT2D eigenvalue weighted by molar-refractivity contribution is 0.0601. The summed E-state index contributed by atoms with van der Waals surface area (Å²) in [4.78, 5) is 15.9. The van der Waals surface area contributed by atoms with Gasteiger partial charge in [-0.1, -0.05) is 18.2 Å². The Kier molecular flexibility index (Phi) is 4.56. The monoisotopic (exact) mass is 285 g/mol. The van der Waals surface area contributed by atoms with Crippen LogP contribution in [0.2, 0.25) is 0 Å². The lowest BCUT2D eigenvalue weighted by Crippen LogP contribution is -2.01. The molecule has 2 rings (SSSR count). The van der Waals surface area contributed by atoms with E-state index < -0.39 is 5.97 Å². The molecular formula is C16H15NO4. The van der Waals surface area contributed by atoms with Crippen molar-refractivity contribution < 1.29 is 19.4 Å². The lowest BCUT2D eigenvalue weighted by Gasteiger charge is -2.06. The van der Waals surface area contributed by atoms with Crippen LogP contribution in [0, 0.1) is 0 Å². The highest BCUT2D eigenvalue weighted by molar-refractivity contribution is 5.96. The van der Waals surface area contributed by atoms with E-state index in [0.717, 1.165) is 0 Å². The Bertz CT molecular complexity index is 680. The first-order valence-electron chi connectivity index (χ1n) is 6.24. The molecule has 0 aliphatic heterocycles. The zero-order valence-electron chi connectivity index (χ0n) is 11.7. The molecule has 108 valence electrons. The van der Waals surface area contributed by atoms with Crippen molar-refractivity contribution in [1.29, 1.82) is 0 Å². The molecule has 0 aromatic heterocycles. The molecule has 0 saturated carbocycles. The van der Waals surface area contributed by atoms with Crippen LogP contribution in [0.3, 0.4) is 0 Å². The predicted molar refractivity (Wildman–Crippen MR) is 79.7 cm³/mol. The average Bonchev–Trinajstić information content (AvgIpc) is 2.53. The third kappa shape index (κ3) is 3.20. The topological polar surface area (TPSA) is 68.1 Å². The third-order valence-corrected chi connectivity index (χ3v) is 2.90. The van der Waals surface area contributed by atoms with Crippen LogP contribution in [0.1, 0.15) is 15.9 Å². The average molecular weight is 285 g/mol. The molecule has 1 N–H and O–H groups in total. The van der Waals surface area contributed by atoms with Gasteiger partial charge < -0.3 is 14.6 Å². The number of phenolic OH excluding ortho intramolecular Hbond substituents is 1. The minimum atomic E-state index is -0.461. The number of esters is 1. The maximum absolute atomic E-state index is 11.6. The number of aliphatic imine (C=N–C) groups is 1. The van der Waals surface area contributed by atoms with Crippen LogP contribution >= 0.6 is 0 Å². The predicted octanol–water partition coefficient (Wildman–Crippen LogP) is 2.94. The van der Waals surface area contributed by atoms with Crippen molar-refractivity contribution in [3.8, 4) is 11.5 Å². The number of carbonyl (C=O) groups excluding carboxylic acids is 1. The highest BCUT2D eigenvalue weighted by atomic mass is 16.5. The maximum atomic E-state index is 11.6. The van der Waals surface area contributed by atoms with Gasteiger partial charge in [0.2, 0.25) is 0 Å². The highest BCUT2D eigenvalue weighted by Gasteiger charge is 2.10. The van der Waals surface area contributed by atoms with Crippen LogP contribution in [0.5, 0.6) is 11.5 Å². The van der Waals surface area contributed by atoms with E-state index >= 15 is 0 Å². The summed E-state index contributed by atoms with van der Waals surface area (Å²) in [7, 11) is 2.79. The molecule has 0 spiro atoms. The molecule has 0 aliphatic carbocycles. The third-order valence-electron chi connectivity index (χ3n) is 2.90. The molecule has 0 radical (unpaired) electrons. The number of carbonyl (C=O) groups is 1. The molecule has 5 nitrogen and oxygen atoms in total. The Morgan fingerprint density at radius 1 is 1.14 bits per heavy atom. The van der Waals surface area contributed by atoms with Crippen molar-refractivity contribution in [1.82, 2.24) is 0 Å². The van der Waals surface area contributed by atoms with E-state index in [0.29, 0.717) is 22.6 Å². The summed E-state index contributed by atoms with van der Waals surface area (Å²) in [5.41, 5.74) is 1.32. The number of rotatable bonds is 4.